The number of rotatable bonds is 4. The fraction of sp³-hybridized carbons (Fsp3) is 0.333. The van der Waals surface area contributed by atoms with Gasteiger partial charge in [-0.15, -0.1) is 0 Å². The Bertz CT molecular complexity index is 5190. The van der Waals surface area contributed by atoms with Gasteiger partial charge in [-0.2, -0.15) is 0 Å². The van der Waals surface area contributed by atoms with Gasteiger partial charge in [0.2, 0.25) is 23.6 Å². The summed E-state index contributed by atoms with van der Waals surface area (Å²) in [7, 11) is 0. The van der Waals surface area contributed by atoms with Gasteiger partial charge in [0.15, 0.2) is 0 Å². The number of aromatic nitrogens is 8. The Labute approximate surface area is 515 Å². The molecule has 12 N–H and O–H groups in total. The highest BCUT2D eigenvalue weighted by atomic mass is 16.2. The minimum Gasteiger partial charge on any atom is -0.398 e. The minimum atomic E-state index is -1.78. The highest BCUT2D eigenvalue weighted by molar-refractivity contribution is 6.04. The number of carbonyl (C=O) groups excluding carboxylic acids is 8. The molecule has 28 nitrogen and oxygen atoms in total. The van der Waals surface area contributed by atoms with Crippen LogP contribution in [-0.4, -0.2) is 85.5 Å². The number of carbonyl (C=O) groups is 8. The number of nitrogens with one attached hydrogen (secondary N) is 4. The van der Waals surface area contributed by atoms with Crippen molar-refractivity contribution in [2.45, 2.75) is 129 Å². The SMILES string of the molecule is [2H]C([2H])c1nc2cccc(N)c2c(=O)n1[C@@]1(C)CCC(=O)NC1=O.[2H]Cc1nc2c([2H])c([2H])c([2H])c(N)c2c(=O)n1[C@]1(C)CCC(=O)NC1=O.[2H]Cc1nc2cccc(N)c2c(=O)n1C1(C)CCC(=O)NC1=O.[2H]c1c([2H])c(N)c2c(=O)n(C3(C)CCC(=O)NC3=O)c(C([2H])[2H])nc2c1[2H]. The molecule has 12 rings (SSSR count). The standard InChI is InChI=1S/4C15H16N4O3/c4*1-8-17-10-5-3-4-9(16)12(10)13(21)19(8)15(2)7-6-11(20)18-14(15)22/h4*3-5H,6-7,16H2,1-2H3,(H,18,20,22)/t2*15-;;/m10../s1/i1D,3D,4D,5D;1D2;1D2,3D,4D,5D;1D. The molecule has 8 heterocycles. The van der Waals surface area contributed by atoms with E-state index in [1.807, 2.05) is 0 Å². The Morgan fingerprint density at radius 2 is 0.670 bits per heavy atom. The highest BCUT2D eigenvalue weighted by Crippen LogP contribution is 2.32. The predicted octanol–water partition coefficient (Wildman–Crippen LogP) is 1.76. The Morgan fingerprint density at radius 3 is 0.966 bits per heavy atom. The molecule has 2 unspecified atom stereocenters. The van der Waals surface area contributed by atoms with E-state index in [0.717, 1.165) is 13.7 Å². The number of anilines is 4. The molecule has 4 aliphatic rings. The van der Waals surface area contributed by atoms with E-state index < -0.39 is 148 Å². The van der Waals surface area contributed by atoms with Crippen LogP contribution < -0.4 is 66.4 Å². The zero-order valence-electron chi connectivity index (χ0n) is 59.5. The molecule has 4 aromatic carbocycles. The average Bonchev–Trinajstić information content (AvgIpc) is 0.745. The molecule has 456 valence electrons. The monoisotopic (exact) mass is 1210 g/mol. The van der Waals surface area contributed by atoms with Crippen molar-refractivity contribution in [1.82, 2.24) is 59.5 Å². The molecule has 4 saturated heterocycles. The maximum Gasteiger partial charge on any atom is 0.264 e. The molecule has 4 fully saturated rings. The number of piperidine rings is 4. The molecule has 4 atom stereocenters. The largest absolute Gasteiger partial charge is 0.398 e. The van der Waals surface area contributed by atoms with Crippen molar-refractivity contribution in [3.8, 4) is 0 Å². The van der Waals surface area contributed by atoms with Gasteiger partial charge >= 0.3 is 0 Å². The van der Waals surface area contributed by atoms with Crippen LogP contribution >= 0.6 is 0 Å². The van der Waals surface area contributed by atoms with Gasteiger partial charge in [0.05, 0.1) is 51.8 Å². The highest BCUT2D eigenvalue weighted by Gasteiger charge is 2.46. The van der Waals surface area contributed by atoms with Crippen LogP contribution in [0.4, 0.5) is 22.7 Å². The Hall–Kier alpha value is -10.8. The molecule has 4 aliphatic heterocycles. The normalized spacial score (nSPS) is 23.9. The van der Waals surface area contributed by atoms with Crippen LogP contribution in [0.3, 0.4) is 0 Å². The van der Waals surface area contributed by atoms with Crippen molar-refractivity contribution in [2.75, 3.05) is 22.9 Å². The Kier molecular flexibility index (Phi) is 12.3. The lowest BCUT2D eigenvalue weighted by Gasteiger charge is -2.34. The summed E-state index contributed by atoms with van der Waals surface area (Å²) in [5.74, 6) is -4.95. The molecule has 0 saturated carbocycles. The quantitative estimate of drug-likeness (QED) is 0.0919. The molecular formula is C60H64N16O12. The molecule has 0 bridgehead atoms. The van der Waals surface area contributed by atoms with Crippen LogP contribution in [-0.2, 0) is 60.5 Å². The van der Waals surface area contributed by atoms with E-state index in [1.54, 1.807) is 43.3 Å². The lowest BCUT2D eigenvalue weighted by atomic mass is 9.90. The maximum atomic E-state index is 13.2. The molecule has 4 aromatic heterocycles. The second kappa shape index (κ2) is 22.9. The number of hydrogen-bond donors (Lipinski definition) is 8. The van der Waals surface area contributed by atoms with Crippen molar-refractivity contribution >= 4 is 114 Å². The number of nitrogens with zero attached hydrogens (tertiary/aromatic N) is 8. The third-order valence-electron chi connectivity index (χ3n) is 15.8. The third kappa shape index (κ3) is 10.6. The van der Waals surface area contributed by atoms with Crippen LogP contribution in [0.15, 0.2) is 91.8 Å². The second-order valence-corrected chi connectivity index (χ2v) is 21.7. The van der Waals surface area contributed by atoms with Crippen LogP contribution in [0.1, 0.15) is 119 Å². The van der Waals surface area contributed by atoms with Crippen LogP contribution in [0.2, 0.25) is 0 Å². The number of hydrogen-bond acceptors (Lipinski definition) is 20. The summed E-state index contributed by atoms with van der Waals surface area (Å²) in [5.41, 5.74) is 14.9. The van der Waals surface area contributed by atoms with E-state index in [-0.39, 0.29) is 142 Å². The van der Waals surface area contributed by atoms with Crippen LogP contribution in [0.5, 0.6) is 0 Å². The van der Waals surface area contributed by atoms with E-state index in [9.17, 15) is 57.5 Å². The van der Waals surface area contributed by atoms with Crippen molar-refractivity contribution < 1.29 is 54.8 Å². The van der Waals surface area contributed by atoms with Gasteiger partial charge in [-0.25, -0.2) is 19.9 Å². The number of aryl methyl sites for hydroxylation is 4. The first kappa shape index (κ1) is 47.4. The Morgan fingerprint density at radius 1 is 0.398 bits per heavy atom. The summed E-state index contributed by atoms with van der Waals surface area (Å²) in [6.07, 6.45) is 0.366. The van der Waals surface area contributed by atoms with Gasteiger partial charge in [-0.3, -0.25) is 97.1 Å². The molecule has 8 amide bonds. The summed E-state index contributed by atoms with van der Waals surface area (Å²) < 4.78 is 97.5. The van der Waals surface area contributed by atoms with E-state index in [2.05, 4.69) is 41.2 Å². The summed E-state index contributed by atoms with van der Waals surface area (Å²) in [5, 5.41) is 8.56. The second-order valence-electron chi connectivity index (χ2n) is 21.7. The smallest absolute Gasteiger partial charge is 0.264 e. The molecular weight excluding hydrogens is 1140 g/mol. The molecule has 0 spiro atoms. The van der Waals surface area contributed by atoms with Gasteiger partial charge in [0.1, 0.15) is 45.5 Å². The summed E-state index contributed by atoms with van der Waals surface area (Å²) in [6, 6.07) is 6.67. The van der Waals surface area contributed by atoms with Gasteiger partial charge < -0.3 is 22.9 Å². The topological polar surface area (TPSA) is 428 Å². The van der Waals surface area contributed by atoms with Gasteiger partial charge in [-0.05, 0) is 129 Å². The minimum absolute atomic E-state index is 0.0126. The number of fused-ring (bicyclic) bond motifs is 4. The summed E-state index contributed by atoms with van der Waals surface area (Å²) in [4.78, 5) is 164. The van der Waals surface area contributed by atoms with Crippen molar-refractivity contribution in [3.63, 3.8) is 0 Å². The maximum absolute atomic E-state index is 13.2. The zero-order valence-corrected chi connectivity index (χ0v) is 47.5. The molecule has 0 radical (unpaired) electrons. The summed E-state index contributed by atoms with van der Waals surface area (Å²) >= 11 is 0. The zero-order chi connectivity index (χ0) is 74.1. The van der Waals surface area contributed by atoms with E-state index in [0.29, 0.717) is 5.52 Å². The molecule has 8 aromatic rings. The van der Waals surface area contributed by atoms with E-state index in [1.165, 1.54) is 25.3 Å². The van der Waals surface area contributed by atoms with Crippen LogP contribution in [0, 0.1) is 27.6 Å². The van der Waals surface area contributed by atoms with Crippen molar-refractivity contribution in [3.05, 3.63) is 137 Å². The fourth-order valence-corrected chi connectivity index (χ4v) is 10.8. The predicted molar refractivity (Wildman–Crippen MR) is 325 cm³/mol. The number of amides is 8. The first-order chi connectivity index (χ1) is 46.8. The number of benzene rings is 4. The first-order valence-corrected chi connectivity index (χ1v) is 26.7. The van der Waals surface area contributed by atoms with E-state index in [4.69, 9.17) is 39.4 Å². The lowest BCUT2D eigenvalue weighted by molar-refractivity contribution is -0.141. The van der Waals surface area contributed by atoms with Gasteiger partial charge in [-0.1, -0.05) is 24.2 Å². The van der Waals surface area contributed by atoms with Crippen molar-refractivity contribution in [2.24, 2.45) is 0 Å². The van der Waals surface area contributed by atoms with Gasteiger partial charge in [0.25, 0.3) is 45.9 Å². The number of nitrogens with two attached hydrogens (primary N) is 4. The number of imide groups is 4. The lowest BCUT2D eigenvalue weighted by Crippen LogP contribution is -2.56. The fourth-order valence-electron chi connectivity index (χ4n) is 10.8. The summed E-state index contributed by atoms with van der Waals surface area (Å²) in [6.45, 7) is 1.82. The van der Waals surface area contributed by atoms with E-state index >= 15 is 0 Å². The average molecular weight is 1210 g/mol. The number of nitrogen functional groups attached to an aromatic ring is 4. The first-order valence-electron chi connectivity index (χ1n) is 33.4. The molecule has 28 heteroatoms. The van der Waals surface area contributed by atoms with Crippen molar-refractivity contribution in [1.29, 1.82) is 0 Å². The molecule has 88 heavy (non-hydrogen) atoms. The van der Waals surface area contributed by atoms with Gasteiger partial charge in [0, 0.05) is 56.7 Å². The van der Waals surface area contributed by atoms with Crippen LogP contribution in [0.25, 0.3) is 43.6 Å². The third-order valence-corrected chi connectivity index (χ3v) is 15.8. The Balaban J connectivity index is 0.000000156. The molecule has 0 aliphatic carbocycles.